The predicted octanol–water partition coefficient (Wildman–Crippen LogP) is 4.61. The molecule has 1 rings (SSSR count). The van der Waals surface area contributed by atoms with Gasteiger partial charge in [0.05, 0.1) is 11.7 Å². The van der Waals surface area contributed by atoms with E-state index < -0.39 is 0 Å². The number of benzene rings is 1. The van der Waals surface area contributed by atoms with E-state index in [1.54, 1.807) is 18.2 Å². The lowest BCUT2D eigenvalue weighted by Gasteiger charge is -2.25. The Hall–Kier alpha value is -0.820. The SMILES string of the molecule is CC(NC(C)(C)C)C(=O)c1ccc(N=[N+]=[N-])c(I)c1.Cl. The number of rotatable bonds is 4. The molecule has 0 amide bonds. The molecule has 5 nitrogen and oxygen atoms in total. The summed E-state index contributed by atoms with van der Waals surface area (Å²) in [6.45, 7) is 7.91. The minimum absolute atomic E-state index is 0. The molecule has 0 heterocycles. The van der Waals surface area contributed by atoms with Crippen LogP contribution in [-0.2, 0) is 0 Å². The van der Waals surface area contributed by atoms with Crippen molar-refractivity contribution < 1.29 is 4.79 Å². The number of carbonyl (C=O) groups is 1. The van der Waals surface area contributed by atoms with Gasteiger partial charge in [-0.25, -0.2) is 0 Å². The molecular weight excluding hydrogens is 391 g/mol. The van der Waals surface area contributed by atoms with Gasteiger partial charge in [-0.1, -0.05) is 17.2 Å². The van der Waals surface area contributed by atoms with Crippen LogP contribution in [0.4, 0.5) is 5.69 Å². The van der Waals surface area contributed by atoms with E-state index in [2.05, 4.69) is 37.9 Å². The highest BCUT2D eigenvalue weighted by molar-refractivity contribution is 14.1. The highest BCUT2D eigenvalue weighted by Gasteiger charge is 2.21. The summed E-state index contributed by atoms with van der Waals surface area (Å²) in [4.78, 5) is 15.0. The van der Waals surface area contributed by atoms with Gasteiger partial charge in [-0.3, -0.25) is 4.79 Å². The summed E-state index contributed by atoms with van der Waals surface area (Å²) in [6, 6.07) is 4.84. The number of azide groups is 1. The monoisotopic (exact) mass is 408 g/mol. The second-order valence-electron chi connectivity index (χ2n) is 5.34. The van der Waals surface area contributed by atoms with E-state index in [1.807, 2.05) is 27.7 Å². The molecule has 1 aromatic carbocycles. The van der Waals surface area contributed by atoms with Crippen molar-refractivity contribution >= 4 is 46.5 Å². The van der Waals surface area contributed by atoms with Gasteiger partial charge in [0, 0.05) is 19.6 Å². The molecular formula is C13H18ClIN4O. The van der Waals surface area contributed by atoms with Crippen LogP contribution >= 0.6 is 35.0 Å². The molecule has 0 saturated carbocycles. The van der Waals surface area contributed by atoms with Crippen LogP contribution in [0.15, 0.2) is 23.3 Å². The first kappa shape index (κ1) is 19.2. The molecule has 0 fully saturated rings. The van der Waals surface area contributed by atoms with Crippen molar-refractivity contribution in [1.29, 1.82) is 0 Å². The van der Waals surface area contributed by atoms with Crippen LogP contribution in [0.2, 0.25) is 0 Å². The van der Waals surface area contributed by atoms with E-state index in [9.17, 15) is 4.79 Å². The van der Waals surface area contributed by atoms with Crippen LogP contribution in [0, 0.1) is 3.57 Å². The van der Waals surface area contributed by atoms with E-state index in [-0.39, 0.29) is 29.8 Å². The lowest BCUT2D eigenvalue weighted by atomic mass is 10.0. The highest BCUT2D eigenvalue weighted by atomic mass is 127. The fourth-order valence-electron chi connectivity index (χ4n) is 1.75. The van der Waals surface area contributed by atoms with Gasteiger partial charge in [0.1, 0.15) is 0 Å². The Balaban J connectivity index is 0.00000361. The molecule has 7 heteroatoms. The molecule has 20 heavy (non-hydrogen) atoms. The zero-order valence-electron chi connectivity index (χ0n) is 11.8. The molecule has 110 valence electrons. The van der Waals surface area contributed by atoms with Gasteiger partial charge >= 0.3 is 0 Å². The molecule has 1 N–H and O–H groups in total. The number of Topliss-reactive ketones (excluding diaryl/α,β-unsaturated/α-hetero) is 1. The molecule has 0 saturated heterocycles. The fraction of sp³-hybridized carbons (Fsp3) is 0.462. The molecule has 0 aliphatic heterocycles. The van der Waals surface area contributed by atoms with Gasteiger partial charge in [0.25, 0.3) is 0 Å². The number of carbonyl (C=O) groups excluding carboxylic acids is 1. The number of hydrogen-bond donors (Lipinski definition) is 1. The van der Waals surface area contributed by atoms with Crippen molar-refractivity contribution in [3.05, 3.63) is 37.8 Å². The third kappa shape index (κ3) is 5.66. The first-order valence-electron chi connectivity index (χ1n) is 5.91. The van der Waals surface area contributed by atoms with Gasteiger partial charge in [0.15, 0.2) is 5.78 Å². The fourth-order valence-corrected chi connectivity index (χ4v) is 2.38. The number of ketones is 1. The third-order valence-electron chi connectivity index (χ3n) is 2.43. The largest absolute Gasteiger partial charge is 0.303 e. The smallest absolute Gasteiger partial charge is 0.179 e. The molecule has 0 radical (unpaired) electrons. The molecule has 1 unspecified atom stereocenters. The predicted molar refractivity (Wildman–Crippen MR) is 91.9 cm³/mol. The number of hydrogen-bond acceptors (Lipinski definition) is 3. The normalized spacial score (nSPS) is 12.1. The van der Waals surface area contributed by atoms with Gasteiger partial charge in [-0.15, -0.1) is 12.4 Å². The minimum atomic E-state index is -0.263. The summed E-state index contributed by atoms with van der Waals surface area (Å²) in [6.07, 6.45) is 0. The Morgan fingerprint density at radius 1 is 1.45 bits per heavy atom. The Labute approximate surface area is 138 Å². The van der Waals surface area contributed by atoms with E-state index in [1.165, 1.54) is 0 Å². The summed E-state index contributed by atoms with van der Waals surface area (Å²) >= 11 is 2.06. The van der Waals surface area contributed by atoms with Gasteiger partial charge in [-0.2, -0.15) is 0 Å². The summed E-state index contributed by atoms with van der Waals surface area (Å²) < 4.78 is 0.768. The van der Waals surface area contributed by atoms with Crippen molar-refractivity contribution in [3.8, 4) is 0 Å². The second kappa shape index (κ2) is 7.83. The quantitative estimate of drug-likeness (QED) is 0.259. The van der Waals surface area contributed by atoms with Crippen molar-refractivity contribution in [2.75, 3.05) is 0 Å². The van der Waals surface area contributed by atoms with E-state index in [4.69, 9.17) is 5.53 Å². The molecule has 1 atom stereocenters. The standard InChI is InChI=1S/C13H17IN4O.ClH/c1-8(16-13(2,3)4)12(19)9-5-6-11(17-18-15)10(14)7-9;/h5-8,16H,1-4H3;1H. The van der Waals surface area contributed by atoms with Crippen LogP contribution < -0.4 is 5.32 Å². The van der Waals surface area contributed by atoms with Crippen LogP contribution in [-0.4, -0.2) is 17.4 Å². The van der Waals surface area contributed by atoms with Gasteiger partial charge in [0.2, 0.25) is 0 Å². The maximum Gasteiger partial charge on any atom is 0.179 e. The lowest BCUT2D eigenvalue weighted by molar-refractivity contribution is 0.0935. The molecule has 0 aliphatic carbocycles. The van der Waals surface area contributed by atoms with Gasteiger partial charge < -0.3 is 5.32 Å². The van der Waals surface area contributed by atoms with Crippen LogP contribution in [0.5, 0.6) is 0 Å². The molecule has 0 aromatic heterocycles. The van der Waals surface area contributed by atoms with Crippen molar-refractivity contribution in [2.45, 2.75) is 39.3 Å². The Bertz CT molecular complexity index is 536. The summed E-state index contributed by atoms with van der Waals surface area (Å²) in [5.41, 5.74) is 9.45. The maximum atomic E-state index is 12.3. The average Bonchev–Trinajstić information content (AvgIpc) is 2.29. The molecule has 0 spiro atoms. The Morgan fingerprint density at radius 2 is 2.05 bits per heavy atom. The molecule has 1 aromatic rings. The zero-order chi connectivity index (χ0) is 14.6. The van der Waals surface area contributed by atoms with E-state index in [0.717, 1.165) is 3.57 Å². The van der Waals surface area contributed by atoms with Crippen molar-refractivity contribution in [2.24, 2.45) is 5.11 Å². The summed E-state index contributed by atoms with van der Waals surface area (Å²) in [5.74, 6) is 0.0281. The highest BCUT2D eigenvalue weighted by Crippen LogP contribution is 2.23. The van der Waals surface area contributed by atoms with Crippen LogP contribution in [0.1, 0.15) is 38.1 Å². The van der Waals surface area contributed by atoms with Crippen molar-refractivity contribution in [1.82, 2.24) is 5.32 Å². The summed E-state index contributed by atoms with van der Waals surface area (Å²) in [5, 5.41) is 6.80. The topological polar surface area (TPSA) is 77.9 Å². The Morgan fingerprint density at radius 3 is 2.50 bits per heavy atom. The van der Waals surface area contributed by atoms with E-state index in [0.29, 0.717) is 11.3 Å². The second-order valence-corrected chi connectivity index (χ2v) is 6.50. The number of nitrogens with one attached hydrogen (secondary N) is 1. The third-order valence-corrected chi connectivity index (χ3v) is 3.29. The molecule has 0 bridgehead atoms. The van der Waals surface area contributed by atoms with E-state index >= 15 is 0 Å². The van der Waals surface area contributed by atoms with Gasteiger partial charge in [-0.05, 0) is 61.9 Å². The van der Waals surface area contributed by atoms with Crippen molar-refractivity contribution in [3.63, 3.8) is 0 Å². The Kier molecular flexibility index (Phi) is 7.51. The lowest BCUT2D eigenvalue weighted by Crippen LogP contribution is -2.46. The first-order valence-corrected chi connectivity index (χ1v) is 6.99. The van der Waals surface area contributed by atoms with Crippen LogP contribution in [0.25, 0.3) is 10.4 Å². The molecule has 0 aliphatic rings. The minimum Gasteiger partial charge on any atom is -0.303 e. The number of nitrogens with zero attached hydrogens (tertiary/aromatic N) is 3. The first-order chi connectivity index (χ1) is 8.74. The summed E-state index contributed by atoms with van der Waals surface area (Å²) in [7, 11) is 0. The zero-order valence-corrected chi connectivity index (χ0v) is 14.8. The van der Waals surface area contributed by atoms with Crippen LogP contribution in [0.3, 0.4) is 0 Å². The number of halogens is 2. The maximum absolute atomic E-state index is 12.3. The average molecular weight is 409 g/mol.